The van der Waals surface area contributed by atoms with Gasteiger partial charge in [-0.15, -0.1) is 0 Å². The number of aromatic nitrogens is 2. The van der Waals surface area contributed by atoms with Crippen molar-refractivity contribution in [2.24, 2.45) is 0 Å². The SMILES string of the molecule is CC(C)(C)OC(=O)N1CCc2nn(C3CCN(Cc4ccccc4)C3)c(C(=O)O)c2C1. The van der Waals surface area contributed by atoms with E-state index in [0.29, 0.717) is 18.5 Å². The number of hydrogen-bond acceptors (Lipinski definition) is 5. The first-order chi connectivity index (χ1) is 14.7. The van der Waals surface area contributed by atoms with Gasteiger partial charge in [-0.1, -0.05) is 30.3 Å². The molecule has 1 unspecified atom stereocenters. The smallest absolute Gasteiger partial charge is 0.410 e. The fraction of sp³-hybridized carbons (Fsp3) is 0.522. The third kappa shape index (κ3) is 4.74. The van der Waals surface area contributed by atoms with Gasteiger partial charge in [0.2, 0.25) is 0 Å². The summed E-state index contributed by atoms with van der Waals surface area (Å²) in [5, 5.41) is 14.7. The highest BCUT2D eigenvalue weighted by atomic mass is 16.6. The Kier molecular flexibility index (Phi) is 5.75. The molecule has 0 aliphatic carbocycles. The van der Waals surface area contributed by atoms with Crippen LogP contribution in [0.15, 0.2) is 30.3 Å². The number of nitrogens with zero attached hydrogens (tertiary/aromatic N) is 4. The average Bonchev–Trinajstić information content (AvgIpc) is 3.31. The second kappa shape index (κ2) is 8.34. The van der Waals surface area contributed by atoms with Gasteiger partial charge in [0.05, 0.1) is 18.3 Å². The van der Waals surface area contributed by atoms with E-state index in [4.69, 9.17) is 9.84 Å². The van der Waals surface area contributed by atoms with E-state index in [0.717, 1.165) is 31.7 Å². The molecule has 8 nitrogen and oxygen atoms in total. The Bertz CT molecular complexity index is 964. The number of carbonyl (C=O) groups is 2. The Morgan fingerprint density at radius 3 is 2.61 bits per heavy atom. The van der Waals surface area contributed by atoms with Gasteiger partial charge in [-0.2, -0.15) is 5.10 Å². The molecule has 1 amide bonds. The molecule has 8 heteroatoms. The van der Waals surface area contributed by atoms with E-state index in [-0.39, 0.29) is 18.3 Å². The average molecular weight is 427 g/mol. The Morgan fingerprint density at radius 2 is 1.94 bits per heavy atom. The summed E-state index contributed by atoms with van der Waals surface area (Å²) < 4.78 is 7.17. The molecule has 2 aliphatic heterocycles. The van der Waals surface area contributed by atoms with Crippen LogP contribution in [0.2, 0.25) is 0 Å². The van der Waals surface area contributed by atoms with E-state index in [1.165, 1.54) is 5.56 Å². The number of likely N-dealkylation sites (tertiary alicyclic amines) is 1. The van der Waals surface area contributed by atoms with Crippen LogP contribution in [0.4, 0.5) is 4.79 Å². The lowest BCUT2D eigenvalue weighted by atomic mass is 10.1. The van der Waals surface area contributed by atoms with Crippen LogP contribution in [0.1, 0.15) is 60.5 Å². The molecular formula is C23H30N4O4. The van der Waals surface area contributed by atoms with Gasteiger partial charge in [-0.25, -0.2) is 9.59 Å². The molecule has 31 heavy (non-hydrogen) atoms. The Hall–Kier alpha value is -2.87. The van der Waals surface area contributed by atoms with Crippen molar-refractivity contribution >= 4 is 12.1 Å². The lowest BCUT2D eigenvalue weighted by Crippen LogP contribution is -2.40. The summed E-state index contributed by atoms with van der Waals surface area (Å²) in [5.74, 6) is -0.999. The molecule has 1 atom stereocenters. The number of carboxylic acid groups (broad SMARTS) is 1. The van der Waals surface area contributed by atoms with Gasteiger partial charge in [-0.3, -0.25) is 9.58 Å². The molecule has 1 fully saturated rings. The molecule has 2 aromatic rings. The van der Waals surface area contributed by atoms with Gasteiger partial charge >= 0.3 is 12.1 Å². The van der Waals surface area contributed by atoms with Crippen LogP contribution in [0, 0.1) is 0 Å². The zero-order chi connectivity index (χ0) is 22.2. The second-order valence-corrected chi connectivity index (χ2v) is 9.34. The zero-order valence-corrected chi connectivity index (χ0v) is 18.4. The monoisotopic (exact) mass is 426 g/mol. The standard InChI is InChI=1S/C23H30N4O4/c1-23(2,3)31-22(30)26-12-10-19-18(15-26)20(21(28)29)27(24-19)17-9-11-25(14-17)13-16-7-5-4-6-8-16/h4-8,17H,9-15H2,1-3H3,(H,28,29). The summed E-state index contributed by atoms with van der Waals surface area (Å²) in [7, 11) is 0. The maximum atomic E-state index is 12.5. The van der Waals surface area contributed by atoms with E-state index in [1.807, 2.05) is 39.0 Å². The summed E-state index contributed by atoms with van der Waals surface area (Å²) in [5.41, 5.74) is 2.26. The summed E-state index contributed by atoms with van der Waals surface area (Å²) >= 11 is 0. The first-order valence-electron chi connectivity index (χ1n) is 10.8. The van der Waals surface area contributed by atoms with Gasteiger partial charge in [0.1, 0.15) is 5.60 Å². The van der Waals surface area contributed by atoms with Crippen LogP contribution in [-0.2, 0) is 24.2 Å². The predicted molar refractivity (Wildman–Crippen MR) is 115 cm³/mol. The molecule has 4 rings (SSSR count). The first-order valence-corrected chi connectivity index (χ1v) is 10.8. The summed E-state index contributed by atoms with van der Waals surface area (Å²) in [4.78, 5) is 28.6. The molecule has 2 aliphatic rings. The predicted octanol–water partition coefficient (Wildman–Crippen LogP) is 3.32. The minimum atomic E-state index is -0.999. The highest BCUT2D eigenvalue weighted by Crippen LogP contribution is 2.30. The third-order valence-electron chi connectivity index (χ3n) is 5.76. The molecule has 1 N–H and O–H groups in total. The fourth-order valence-corrected chi connectivity index (χ4v) is 4.36. The van der Waals surface area contributed by atoms with E-state index in [9.17, 15) is 14.7 Å². The minimum absolute atomic E-state index is 0.00962. The second-order valence-electron chi connectivity index (χ2n) is 9.34. The number of amides is 1. The van der Waals surface area contributed by atoms with Gasteiger partial charge in [-0.05, 0) is 32.8 Å². The van der Waals surface area contributed by atoms with Crippen molar-refractivity contribution < 1.29 is 19.4 Å². The number of fused-ring (bicyclic) bond motifs is 1. The van der Waals surface area contributed by atoms with Gasteiger partial charge in [0.25, 0.3) is 0 Å². The number of benzene rings is 1. The van der Waals surface area contributed by atoms with Crippen molar-refractivity contribution in [1.29, 1.82) is 0 Å². The van der Waals surface area contributed by atoms with Crippen molar-refractivity contribution in [2.45, 2.75) is 58.3 Å². The lowest BCUT2D eigenvalue weighted by molar-refractivity contribution is 0.0221. The molecule has 1 saturated heterocycles. The van der Waals surface area contributed by atoms with E-state index in [1.54, 1.807) is 9.58 Å². The molecule has 0 saturated carbocycles. The Labute approximate surface area is 182 Å². The summed E-state index contributed by atoms with van der Waals surface area (Å²) in [6.07, 6.45) is 0.961. The number of aromatic carboxylic acids is 1. The number of carboxylic acids is 1. The quantitative estimate of drug-likeness (QED) is 0.807. The van der Waals surface area contributed by atoms with Crippen LogP contribution >= 0.6 is 0 Å². The number of ether oxygens (including phenoxy) is 1. The van der Waals surface area contributed by atoms with E-state index in [2.05, 4.69) is 17.0 Å². The zero-order valence-electron chi connectivity index (χ0n) is 18.4. The summed E-state index contributed by atoms with van der Waals surface area (Å²) in [6, 6.07) is 10.3. The van der Waals surface area contributed by atoms with Crippen LogP contribution in [-0.4, -0.2) is 62.0 Å². The number of hydrogen-bond donors (Lipinski definition) is 1. The summed E-state index contributed by atoms with van der Waals surface area (Å²) in [6.45, 7) is 8.65. The lowest BCUT2D eigenvalue weighted by Gasteiger charge is -2.29. The van der Waals surface area contributed by atoms with Crippen molar-refractivity contribution in [3.05, 3.63) is 52.8 Å². The topological polar surface area (TPSA) is 87.9 Å². The van der Waals surface area contributed by atoms with Crippen molar-refractivity contribution in [2.75, 3.05) is 19.6 Å². The van der Waals surface area contributed by atoms with Gasteiger partial charge in [0.15, 0.2) is 5.69 Å². The Morgan fingerprint density at radius 1 is 1.19 bits per heavy atom. The molecule has 1 aromatic carbocycles. The van der Waals surface area contributed by atoms with Crippen LogP contribution in [0.25, 0.3) is 0 Å². The van der Waals surface area contributed by atoms with Crippen molar-refractivity contribution in [3.8, 4) is 0 Å². The van der Waals surface area contributed by atoms with Crippen LogP contribution < -0.4 is 0 Å². The maximum Gasteiger partial charge on any atom is 0.410 e. The molecule has 0 spiro atoms. The molecule has 3 heterocycles. The van der Waals surface area contributed by atoms with Crippen molar-refractivity contribution in [1.82, 2.24) is 19.6 Å². The molecular weight excluding hydrogens is 396 g/mol. The van der Waals surface area contributed by atoms with E-state index >= 15 is 0 Å². The molecule has 1 aromatic heterocycles. The first kappa shape index (κ1) is 21.4. The number of carbonyl (C=O) groups excluding carboxylic acids is 1. The highest BCUT2D eigenvalue weighted by molar-refractivity contribution is 5.88. The minimum Gasteiger partial charge on any atom is -0.477 e. The molecule has 0 radical (unpaired) electrons. The van der Waals surface area contributed by atoms with Gasteiger partial charge in [0, 0.05) is 38.2 Å². The maximum absolute atomic E-state index is 12.5. The van der Waals surface area contributed by atoms with E-state index < -0.39 is 17.7 Å². The Balaban J connectivity index is 1.52. The largest absolute Gasteiger partial charge is 0.477 e. The molecule has 166 valence electrons. The van der Waals surface area contributed by atoms with Crippen LogP contribution in [0.5, 0.6) is 0 Å². The van der Waals surface area contributed by atoms with Crippen LogP contribution in [0.3, 0.4) is 0 Å². The fourth-order valence-electron chi connectivity index (χ4n) is 4.36. The highest BCUT2D eigenvalue weighted by Gasteiger charge is 2.35. The van der Waals surface area contributed by atoms with Crippen molar-refractivity contribution in [3.63, 3.8) is 0 Å². The number of rotatable bonds is 4. The normalized spacial score (nSPS) is 19.3. The van der Waals surface area contributed by atoms with Gasteiger partial charge < -0.3 is 14.7 Å². The molecule has 0 bridgehead atoms. The third-order valence-corrected chi connectivity index (χ3v) is 5.76.